The van der Waals surface area contributed by atoms with Crippen molar-refractivity contribution in [3.05, 3.63) is 11.9 Å². The highest BCUT2D eigenvalue weighted by atomic mass is 16.1. The van der Waals surface area contributed by atoms with Gasteiger partial charge >= 0.3 is 0 Å². The van der Waals surface area contributed by atoms with Crippen LogP contribution >= 0.6 is 0 Å². The Kier molecular flexibility index (Phi) is 6.21. The lowest BCUT2D eigenvalue weighted by molar-refractivity contribution is -0.119. The lowest BCUT2D eigenvalue weighted by atomic mass is 10.0. The number of aromatic nitrogens is 2. The van der Waals surface area contributed by atoms with E-state index >= 15 is 0 Å². The van der Waals surface area contributed by atoms with Gasteiger partial charge in [-0.3, -0.25) is 4.79 Å². The summed E-state index contributed by atoms with van der Waals surface area (Å²) < 4.78 is 0. The average molecular weight is 279 g/mol. The van der Waals surface area contributed by atoms with Gasteiger partial charge in [0.1, 0.15) is 24.0 Å². The fraction of sp³-hybridized carbons (Fsp3) is 0.643. The molecule has 4 N–H and O–H groups in total. The minimum absolute atomic E-state index is 0.0968. The predicted octanol–water partition coefficient (Wildman–Crippen LogP) is 1.78. The van der Waals surface area contributed by atoms with E-state index in [0.29, 0.717) is 5.82 Å². The van der Waals surface area contributed by atoms with E-state index in [0.717, 1.165) is 30.8 Å². The zero-order valence-electron chi connectivity index (χ0n) is 12.7. The Hall–Kier alpha value is -1.85. The molecule has 0 aliphatic carbocycles. The van der Waals surface area contributed by atoms with Crippen LogP contribution in [0.1, 0.15) is 39.7 Å². The molecule has 0 aromatic carbocycles. The maximum atomic E-state index is 11.5. The summed E-state index contributed by atoms with van der Waals surface area (Å²) in [5.74, 6) is 1.24. The van der Waals surface area contributed by atoms with Crippen LogP contribution in [0.15, 0.2) is 6.33 Å². The molecule has 112 valence electrons. The zero-order chi connectivity index (χ0) is 15.1. The van der Waals surface area contributed by atoms with E-state index in [1.165, 1.54) is 6.33 Å². The minimum Gasteiger partial charge on any atom is -0.370 e. The van der Waals surface area contributed by atoms with Gasteiger partial charge < -0.3 is 16.4 Å². The summed E-state index contributed by atoms with van der Waals surface area (Å²) in [7, 11) is 0. The molecule has 1 unspecified atom stereocenters. The number of nitrogens with zero attached hydrogens (tertiary/aromatic N) is 2. The summed E-state index contributed by atoms with van der Waals surface area (Å²) in [6.45, 7) is 8.81. The molecule has 1 aromatic rings. The van der Waals surface area contributed by atoms with E-state index in [-0.39, 0.29) is 11.8 Å². The average Bonchev–Trinajstić information content (AvgIpc) is 2.38. The smallest absolute Gasteiger partial charge is 0.240 e. The summed E-state index contributed by atoms with van der Waals surface area (Å²) in [5, 5.41) is 6.39. The van der Waals surface area contributed by atoms with Crippen molar-refractivity contribution in [2.75, 3.05) is 17.2 Å². The Labute approximate surface area is 120 Å². The van der Waals surface area contributed by atoms with Gasteiger partial charge in [0.05, 0.1) is 0 Å². The van der Waals surface area contributed by atoms with Gasteiger partial charge in [-0.1, -0.05) is 27.2 Å². The Balaban J connectivity index is 3.09. The number of carbonyl (C=O) groups is 1. The molecule has 20 heavy (non-hydrogen) atoms. The highest BCUT2D eigenvalue weighted by Crippen LogP contribution is 2.23. The number of hydrogen-bond acceptors (Lipinski definition) is 5. The van der Waals surface area contributed by atoms with Crippen LogP contribution in [0.3, 0.4) is 0 Å². The molecule has 0 bridgehead atoms. The molecule has 1 atom stereocenters. The van der Waals surface area contributed by atoms with Gasteiger partial charge in [0, 0.05) is 12.1 Å². The van der Waals surface area contributed by atoms with Gasteiger partial charge in [-0.25, -0.2) is 9.97 Å². The van der Waals surface area contributed by atoms with Crippen LogP contribution in [0.2, 0.25) is 0 Å². The van der Waals surface area contributed by atoms with Crippen molar-refractivity contribution in [1.29, 1.82) is 0 Å². The second kappa shape index (κ2) is 7.67. The molecule has 1 aromatic heterocycles. The normalized spacial score (nSPS) is 12.2. The summed E-state index contributed by atoms with van der Waals surface area (Å²) in [6, 6.07) is -0.435. The molecule has 6 heteroatoms. The molecule has 0 spiro atoms. The highest BCUT2D eigenvalue weighted by molar-refractivity contribution is 5.83. The molecule has 0 saturated carbocycles. The largest absolute Gasteiger partial charge is 0.370 e. The third-order valence-corrected chi connectivity index (χ3v) is 3.05. The number of primary amides is 1. The van der Waals surface area contributed by atoms with Gasteiger partial charge in [0.2, 0.25) is 5.91 Å². The van der Waals surface area contributed by atoms with Crippen LogP contribution in [-0.2, 0) is 11.2 Å². The number of anilines is 2. The standard InChI is InChI=1S/C14H25N5O/c1-5-7-10-13(16-6-2)17-8-18-14(10)19-11(9(3)4)12(15)20/h8-9,11H,5-7H2,1-4H3,(H2,15,20)(H2,16,17,18,19). The van der Waals surface area contributed by atoms with Gasteiger partial charge in [0.25, 0.3) is 0 Å². The summed E-state index contributed by atoms with van der Waals surface area (Å²) in [6.07, 6.45) is 3.32. The van der Waals surface area contributed by atoms with Crippen molar-refractivity contribution >= 4 is 17.5 Å². The van der Waals surface area contributed by atoms with E-state index in [4.69, 9.17) is 5.73 Å². The first-order chi connectivity index (χ1) is 9.51. The van der Waals surface area contributed by atoms with Crippen LogP contribution in [0.5, 0.6) is 0 Å². The van der Waals surface area contributed by atoms with Crippen LogP contribution in [0, 0.1) is 5.92 Å². The van der Waals surface area contributed by atoms with Crippen LogP contribution < -0.4 is 16.4 Å². The van der Waals surface area contributed by atoms with E-state index in [1.54, 1.807) is 0 Å². The molecule has 0 fully saturated rings. The Morgan fingerprint density at radius 2 is 1.95 bits per heavy atom. The van der Waals surface area contributed by atoms with E-state index in [1.807, 2.05) is 20.8 Å². The van der Waals surface area contributed by atoms with Crippen molar-refractivity contribution in [2.45, 2.75) is 46.6 Å². The van der Waals surface area contributed by atoms with Crippen molar-refractivity contribution in [3.63, 3.8) is 0 Å². The van der Waals surface area contributed by atoms with E-state index in [9.17, 15) is 4.79 Å². The molecular formula is C14H25N5O. The number of carbonyl (C=O) groups excluding carboxylic acids is 1. The summed E-state index contributed by atoms with van der Waals surface area (Å²) in [4.78, 5) is 20.1. The Morgan fingerprint density at radius 1 is 1.30 bits per heavy atom. The first-order valence-electron chi connectivity index (χ1n) is 7.14. The molecular weight excluding hydrogens is 254 g/mol. The number of nitrogens with one attached hydrogen (secondary N) is 2. The molecule has 6 nitrogen and oxygen atoms in total. The Bertz CT molecular complexity index is 447. The first-order valence-corrected chi connectivity index (χ1v) is 7.14. The molecule has 0 aliphatic rings. The second-order valence-electron chi connectivity index (χ2n) is 5.10. The molecule has 1 heterocycles. The van der Waals surface area contributed by atoms with Crippen LogP contribution in [0.4, 0.5) is 11.6 Å². The lowest BCUT2D eigenvalue weighted by Crippen LogP contribution is -2.40. The van der Waals surface area contributed by atoms with Crippen molar-refractivity contribution in [1.82, 2.24) is 9.97 Å². The summed E-state index contributed by atoms with van der Waals surface area (Å²) >= 11 is 0. The lowest BCUT2D eigenvalue weighted by Gasteiger charge is -2.22. The van der Waals surface area contributed by atoms with Gasteiger partial charge in [0.15, 0.2) is 0 Å². The molecule has 1 amide bonds. The topological polar surface area (TPSA) is 92.9 Å². The van der Waals surface area contributed by atoms with Gasteiger partial charge in [-0.2, -0.15) is 0 Å². The molecule has 1 rings (SSSR count). The molecule has 0 aliphatic heterocycles. The van der Waals surface area contributed by atoms with Crippen LogP contribution in [-0.4, -0.2) is 28.5 Å². The quantitative estimate of drug-likeness (QED) is 0.674. The fourth-order valence-electron chi connectivity index (χ4n) is 2.06. The van der Waals surface area contributed by atoms with Gasteiger partial charge in [-0.05, 0) is 19.3 Å². The second-order valence-corrected chi connectivity index (χ2v) is 5.10. The number of amides is 1. The number of nitrogens with two attached hydrogens (primary N) is 1. The number of hydrogen-bond donors (Lipinski definition) is 3. The van der Waals surface area contributed by atoms with Gasteiger partial charge in [-0.15, -0.1) is 0 Å². The first kappa shape index (κ1) is 16.2. The SMILES string of the molecule is CCCc1c(NCC)ncnc1NC(C(N)=O)C(C)C. The fourth-order valence-corrected chi connectivity index (χ4v) is 2.06. The van der Waals surface area contributed by atoms with Crippen molar-refractivity contribution in [2.24, 2.45) is 11.7 Å². The predicted molar refractivity (Wildman–Crippen MR) is 81.6 cm³/mol. The molecule has 0 radical (unpaired) electrons. The van der Waals surface area contributed by atoms with E-state index < -0.39 is 6.04 Å². The zero-order valence-corrected chi connectivity index (χ0v) is 12.7. The third-order valence-electron chi connectivity index (χ3n) is 3.05. The highest BCUT2D eigenvalue weighted by Gasteiger charge is 2.21. The van der Waals surface area contributed by atoms with Crippen LogP contribution in [0.25, 0.3) is 0 Å². The number of rotatable bonds is 8. The van der Waals surface area contributed by atoms with E-state index in [2.05, 4.69) is 27.5 Å². The Morgan fingerprint density at radius 3 is 2.45 bits per heavy atom. The van der Waals surface area contributed by atoms with Crippen molar-refractivity contribution < 1.29 is 4.79 Å². The maximum Gasteiger partial charge on any atom is 0.240 e. The minimum atomic E-state index is -0.435. The monoisotopic (exact) mass is 279 g/mol. The third kappa shape index (κ3) is 4.08. The molecule has 0 saturated heterocycles. The summed E-state index contributed by atoms with van der Waals surface area (Å²) in [5.41, 5.74) is 6.45. The van der Waals surface area contributed by atoms with Crippen molar-refractivity contribution in [3.8, 4) is 0 Å². The maximum absolute atomic E-state index is 11.5.